The van der Waals surface area contributed by atoms with E-state index in [-0.39, 0.29) is 10.8 Å². The smallest absolute Gasteiger partial charge is 0.243 e. The van der Waals surface area contributed by atoms with E-state index in [1.54, 1.807) is 24.3 Å². The number of unbranched alkanes of at least 4 members (excludes halogenated alkanes) is 3. The van der Waals surface area contributed by atoms with Gasteiger partial charge in [-0.2, -0.15) is 4.31 Å². The van der Waals surface area contributed by atoms with Crippen molar-refractivity contribution in [1.82, 2.24) is 9.21 Å². The summed E-state index contributed by atoms with van der Waals surface area (Å²) in [6, 6.07) is 6.53. The molecule has 1 aromatic rings. The fraction of sp³-hybridized carbons (Fsp3) is 0.632. The van der Waals surface area contributed by atoms with Crippen molar-refractivity contribution in [2.75, 3.05) is 44.6 Å². The van der Waals surface area contributed by atoms with Gasteiger partial charge in [0.2, 0.25) is 15.9 Å². The first-order valence-electron chi connectivity index (χ1n) is 9.80. The molecule has 1 saturated heterocycles. The lowest BCUT2D eigenvalue weighted by molar-refractivity contribution is -0.116. The lowest BCUT2D eigenvalue weighted by Gasteiger charge is -2.33. The highest BCUT2D eigenvalue weighted by Gasteiger charge is 2.28. The molecule has 7 nitrogen and oxygen atoms in total. The first-order chi connectivity index (χ1) is 13.0. The highest BCUT2D eigenvalue weighted by molar-refractivity contribution is 7.89. The Morgan fingerprint density at radius 1 is 1.11 bits per heavy atom. The van der Waals surface area contributed by atoms with Crippen molar-refractivity contribution >= 4 is 21.6 Å². The van der Waals surface area contributed by atoms with Crippen molar-refractivity contribution in [1.29, 1.82) is 0 Å². The van der Waals surface area contributed by atoms with Gasteiger partial charge in [-0.05, 0) is 44.1 Å². The summed E-state index contributed by atoms with van der Waals surface area (Å²) < 4.78 is 27.3. The number of carbonyl (C=O) groups is 1. The Morgan fingerprint density at radius 3 is 2.48 bits per heavy atom. The zero-order chi connectivity index (χ0) is 19.7. The van der Waals surface area contributed by atoms with E-state index in [0.29, 0.717) is 31.7 Å². The molecule has 1 aliphatic heterocycles. The summed E-state index contributed by atoms with van der Waals surface area (Å²) in [5.74, 6) is -0.0890. The third-order valence-electron chi connectivity index (χ3n) is 4.89. The van der Waals surface area contributed by atoms with E-state index in [4.69, 9.17) is 5.73 Å². The van der Waals surface area contributed by atoms with Gasteiger partial charge >= 0.3 is 0 Å². The molecule has 1 aliphatic rings. The Kier molecular flexibility index (Phi) is 8.69. The van der Waals surface area contributed by atoms with Crippen LogP contribution in [0.5, 0.6) is 0 Å². The Labute approximate surface area is 163 Å². The molecule has 0 radical (unpaired) electrons. The Morgan fingerprint density at radius 2 is 1.81 bits per heavy atom. The highest BCUT2D eigenvalue weighted by atomic mass is 32.2. The number of benzene rings is 1. The van der Waals surface area contributed by atoms with Crippen LogP contribution < -0.4 is 11.1 Å². The van der Waals surface area contributed by atoms with Gasteiger partial charge in [-0.15, -0.1) is 0 Å². The van der Waals surface area contributed by atoms with Gasteiger partial charge in [-0.1, -0.05) is 25.8 Å². The minimum absolute atomic E-state index is 0.0890. The van der Waals surface area contributed by atoms with Crippen molar-refractivity contribution in [3.05, 3.63) is 24.3 Å². The van der Waals surface area contributed by atoms with Gasteiger partial charge in [0.05, 0.1) is 4.90 Å². The summed E-state index contributed by atoms with van der Waals surface area (Å²) in [7, 11) is -3.54. The summed E-state index contributed by atoms with van der Waals surface area (Å²) in [5.41, 5.74) is 5.98. The molecule has 0 unspecified atom stereocenters. The van der Waals surface area contributed by atoms with Crippen molar-refractivity contribution in [2.24, 2.45) is 5.73 Å². The molecule has 1 aromatic carbocycles. The molecule has 1 fully saturated rings. The number of hydrogen-bond acceptors (Lipinski definition) is 5. The first kappa shape index (κ1) is 21.8. The number of likely N-dealkylation sites (N-methyl/N-ethyl adjacent to an activating group) is 1. The van der Waals surface area contributed by atoms with E-state index < -0.39 is 10.0 Å². The average molecular weight is 397 g/mol. The van der Waals surface area contributed by atoms with Crippen LogP contribution in [-0.2, 0) is 14.8 Å². The van der Waals surface area contributed by atoms with E-state index in [0.717, 1.165) is 45.3 Å². The zero-order valence-electron chi connectivity index (χ0n) is 16.2. The largest absolute Gasteiger partial charge is 0.330 e. The molecule has 1 amide bonds. The second-order valence-corrected chi connectivity index (χ2v) is 8.81. The number of carbonyl (C=O) groups excluding carboxylic acids is 1. The van der Waals surface area contributed by atoms with Crippen LogP contribution in [0.4, 0.5) is 5.69 Å². The van der Waals surface area contributed by atoms with Gasteiger partial charge in [0.15, 0.2) is 0 Å². The number of nitrogens with two attached hydrogens (primary N) is 1. The molecule has 0 spiro atoms. The van der Waals surface area contributed by atoms with E-state index in [9.17, 15) is 13.2 Å². The number of hydrogen-bond donors (Lipinski definition) is 2. The molecular formula is C19H32N4O3S. The fourth-order valence-electron chi connectivity index (χ4n) is 3.18. The molecule has 0 aromatic heterocycles. The summed E-state index contributed by atoms with van der Waals surface area (Å²) >= 11 is 0. The van der Waals surface area contributed by atoms with E-state index in [2.05, 4.69) is 17.1 Å². The lowest BCUT2D eigenvalue weighted by Crippen LogP contribution is -2.48. The van der Waals surface area contributed by atoms with Crippen molar-refractivity contribution in [2.45, 2.75) is 43.9 Å². The lowest BCUT2D eigenvalue weighted by atomic mass is 10.1. The topological polar surface area (TPSA) is 95.7 Å². The SMILES string of the molecule is CCN1CCN(S(=O)(=O)c2cccc(NC(=O)CCCCCCN)c2)CC1. The fourth-order valence-corrected chi connectivity index (χ4v) is 4.65. The average Bonchev–Trinajstić information content (AvgIpc) is 2.68. The first-order valence-corrected chi connectivity index (χ1v) is 11.2. The second kappa shape index (κ2) is 10.8. The van der Waals surface area contributed by atoms with Gasteiger partial charge < -0.3 is 16.0 Å². The third-order valence-corrected chi connectivity index (χ3v) is 6.79. The minimum atomic E-state index is -3.54. The number of sulfonamides is 1. The van der Waals surface area contributed by atoms with Crippen LogP contribution in [0.25, 0.3) is 0 Å². The van der Waals surface area contributed by atoms with Crippen LogP contribution in [0.2, 0.25) is 0 Å². The molecule has 0 aliphatic carbocycles. The van der Waals surface area contributed by atoms with Crippen LogP contribution in [-0.4, -0.2) is 62.8 Å². The van der Waals surface area contributed by atoms with Crippen LogP contribution >= 0.6 is 0 Å². The van der Waals surface area contributed by atoms with Gasteiger partial charge in [0, 0.05) is 38.3 Å². The standard InChI is InChI=1S/C19H32N4O3S/c1-2-22-12-14-23(15-13-22)27(25,26)18-9-7-8-17(16-18)21-19(24)10-5-3-4-6-11-20/h7-9,16H,2-6,10-15,20H2,1H3,(H,21,24). The monoisotopic (exact) mass is 396 g/mol. The molecular weight excluding hydrogens is 364 g/mol. The van der Waals surface area contributed by atoms with E-state index in [1.807, 2.05) is 0 Å². The normalized spacial score (nSPS) is 16.4. The molecule has 2 rings (SSSR count). The predicted molar refractivity (Wildman–Crippen MR) is 108 cm³/mol. The molecule has 3 N–H and O–H groups in total. The van der Waals surface area contributed by atoms with Crippen molar-refractivity contribution < 1.29 is 13.2 Å². The summed E-state index contributed by atoms with van der Waals surface area (Å²) in [6.45, 7) is 6.18. The number of rotatable bonds is 10. The predicted octanol–water partition coefficient (Wildman–Crippen LogP) is 1.86. The van der Waals surface area contributed by atoms with Gasteiger partial charge in [-0.3, -0.25) is 4.79 Å². The number of anilines is 1. The number of nitrogens with zero attached hydrogens (tertiary/aromatic N) is 2. The zero-order valence-corrected chi connectivity index (χ0v) is 17.0. The number of piperazine rings is 1. The molecule has 0 bridgehead atoms. The van der Waals surface area contributed by atoms with Crippen LogP contribution in [0.3, 0.4) is 0 Å². The Hall–Kier alpha value is -1.48. The maximum absolute atomic E-state index is 12.9. The van der Waals surface area contributed by atoms with Gasteiger partial charge in [-0.25, -0.2) is 8.42 Å². The molecule has 0 saturated carbocycles. The maximum Gasteiger partial charge on any atom is 0.243 e. The molecule has 8 heteroatoms. The highest BCUT2D eigenvalue weighted by Crippen LogP contribution is 2.21. The van der Waals surface area contributed by atoms with Crippen molar-refractivity contribution in [3.8, 4) is 0 Å². The minimum Gasteiger partial charge on any atom is -0.330 e. The second-order valence-electron chi connectivity index (χ2n) is 6.87. The van der Waals surface area contributed by atoms with Crippen LogP contribution in [0, 0.1) is 0 Å². The van der Waals surface area contributed by atoms with Crippen molar-refractivity contribution in [3.63, 3.8) is 0 Å². The Bertz CT molecular complexity index is 701. The molecule has 27 heavy (non-hydrogen) atoms. The number of amides is 1. The van der Waals surface area contributed by atoms with Gasteiger partial charge in [0.25, 0.3) is 0 Å². The van der Waals surface area contributed by atoms with E-state index in [1.165, 1.54) is 4.31 Å². The van der Waals surface area contributed by atoms with Crippen LogP contribution in [0.15, 0.2) is 29.2 Å². The summed E-state index contributed by atoms with van der Waals surface area (Å²) in [4.78, 5) is 14.5. The number of nitrogens with one attached hydrogen (secondary N) is 1. The molecule has 0 atom stereocenters. The summed E-state index contributed by atoms with van der Waals surface area (Å²) in [6.07, 6.45) is 4.23. The maximum atomic E-state index is 12.9. The molecule has 152 valence electrons. The molecule has 1 heterocycles. The quantitative estimate of drug-likeness (QED) is 0.589. The third kappa shape index (κ3) is 6.57. The van der Waals surface area contributed by atoms with Gasteiger partial charge in [0.1, 0.15) is 0 Å². The summed E-state index contributed by atoms with van der Waals surface area (Å²) in [5, 5.41) is 2.81. The van der Waals surface area contributed by atoms with E-state index >= 15 is 0 Å². The van der Waals surface area contributed by atoms with Crippen LogP contribution in [0.1, 0.15) is 39.0 Å². The Balaban J connectivity index is 1.93.